The van der Waals surface area contributed by atoms with Gasteiger partial charge < -0.3 is 5.32 Å². The van der Waals surface area contributed by atoms with Gasteiger partial charge in [-0.05, 0) is 18.2 Å². The summed E-state index contributed by atoms with van der Waals surface area (Å²) in [6.07, 6.45) is 2.25. The van der Waals surface area contributed by atoms with Gasteiger partial charge in [-0.1, -0.05) is 23.2 Å². The number of hydrogen-bond donors (Lipinski definition) is 1. The highest BCUT2D eigenvalue weighted by molar-refractivity contribution is 6.34. The van der Waals surface area contributed by atoms with Crippen LogP contribution in [0, 0.1) is 5.82 Å². The molecule has 0 fully saturated rings. The monoisotopic (exact) mass is 285 g/mol. The molecule has 0 atom stereocenters. The molecule has 0 saturated carbocycles. The van der Waals surface area contributed by atoms with E-state index in [0.29, 0.717) is 0 Å². The van der Waals surface area contributed by atoms with Crippen molar-refractivity contribution in [3.05, 3.63) is 52.3 Å². The van der Waals surface area contributed by atoms with Crippen LogP contribution in [-0.2, 0) is 0 Å². The number of anilines is 1. The van der Waals surface area contributed by atoms with Crippen LogP contribution in [0.15, 0.2) is 30.6 Å². The van der Waals surface area contributed by atoms with Gasteiger partial charge in [0.05, 0.1) is 17.4 Å². The molecule has 7 heteroatoms. The van der Waals surface area contributed by atoms with Crippen LogP contribution in [0.1, 0.15) is 10.4 Å². The number of aromatic nitrogens is 2. The minimum absolute atomic E-state index is 0.0558. The Bertz CT molecular complexity index is 607. The summed E-state index contributed by atoms with van der Waals surface area (Å²) in [6, 6.07) is 4.05. The summed E-state index contributed by atoms with van der Waals surface area (Å²) >= 11 is 11.4. The van der Waals surface area contributed by atoms with Crippen LogP contribution in [0.5, 0.6) is 0 Å². The zero-order valence-corrected chi connectivity index (χ0v) is 10.3. The zero-order chi connectivity index (χ0) is 13.1. The molecule has 0 aromatic carbocycles. The van der Waals surface area contributed by atoms with Crippen LogP contribution < -0.4 is 5.32 Å². The van der Waals surface area contributed by atoms with Crippen molar-refractivity contribution in [3.8, 4) is 0 Å². The van der Waals surface area contributed by atoms with Gasteiger partial charge in [-0.2, -0.15) is 0 Å². The van der Waals surface area contributed by atoms with Crippen LogP contribution in [0.2, 0.25) is 10.3 Å². The van der Waals surface area contributed by atoms with Crippen molar-refractivity contribution in [1.82, 2.24) is 9.97 Å². The summed E-state index contributed by atoms with van der Waals surface area (Å²) in [5, 5.41) is 2.75. The third-order valence-corrected chi connectivity index (χ3v) is 2.53. The Hall–Kier alpha value is -1.72. The maximum absolute atomic E-state index is 12.9. The lowest BCUT2D eigenvalue weighted by molar-refractivity contribution is 0.102. The molecule has 0 aliphatic carbocycles. The van der Waals surface area contributed by atoms with Crippen molar-refractivity contribution in [3.63, 3.8) is 0 Å². The third kappa shape index (κ3) is 2.94. The third-order valence-electron chi connectivity index (χ3n) is 2.03. The Balaban J connectivity index is 2.21. The second-order valence-corrected chi connectivity index (χ2v) is 4.06. The highest BCUT2D eigenvalue weighted by Crippen LogP contribution is 2.22. The summed E-state index contributed by atoms with van der Waals surface area (Å²) in [5.74, 6) is -1.13. The Morgan fingerprint density at radius 2 is 2.06 bits per heavy atom. The van der Waals surface area contributed by atoms with Gasteiger partial charge >= 0.3 is 0 Å². The molecule has 4 nitrogen and oxygen atoms in total. The number of halogens is 3. The summed E-state index contributed by atoms with van der Waals surface area (Å²) in [4.78, 5) is 19.1. The molecule has 0 bridgehead atoms. The fourth-order valence-electron chi connectivity index (χ4n) is 1.24. The molecule has 2 rings (SSSR count). The normalized spacial score (nSPS) is 10.2. The van der Waals surface area contributed by atoms with Gasteiger partial charge in [0.25, 0.3) is 5.91 Å². The predicted molar refractivity (Wildman–Crippen MR) is 66.4 cm³/mol. The van der Waals surface area contributed by atoms with E-state index in [2.05, 4.69) is 15.3 Å². The zero-order valence-electron chi connectivity index (χ0n) is 8.82. The summed E-state index contributed by atoms with van der Waals surface area (Å²) < 4.78 is 12.9. The minimum atomic E-state index is -0.594. The van der Waals surface area contributed by atoms with E-state index in [0.717, 1.165) is 12.3 Å². The van der Waals surface area contributed by atoms with Gasteiger partial charge in [0.2, 0.25) is 0 Å². The van der Waals surface area contributed by atoms with Gasteiger partial charge in [-0.3, -0.25) is 9.78 Å². The van der Waals surface area contributed by atoms with Crippen LogP contribution in [0.3, 0.4) is 0 Å². The maximum Gasteiger partial charge on any atom is 0.257 e. The first-order chi connectivity index (χ1) is 8.56. The Morgan fingerprint density at radius 3 is 2.72 bits per heavy atom. The highest BCUT2D eigenvalue weighted by atomic mass is 35.5. The first-order valence-corrected chi connectivity index (χ1v) is 5.56. The molecule has 2 heterocycles. The van der Waals surface area contributed by atoms with E-state index in [1.54, 1.807) is 0 Å². The Kier molecular flexibility index (Phi) is 3.74. The number of rotatable bonds is 2. The number of nitrogens with one attached hydrogen (secondary N) is 1. The van der Waals surface area contributed by atoms with Crippen molar-refractivity contribution in [1.29, 1.82) is 0 Å². The average Bonchev–Trinajstić information content (AvgIpc) is 2.32. The van der Waals surface area contributed by atoms with E-state index >= 15 is 0 Å². The highest BCUT2D eigenvalue weighted by Gasteiger charge is 2.10. The van der Waals surface area contributed by atoms with Gasteiger partial charge in [-0.15, -0.1) is 0 Å². The maximum atomic E-state index is 12.9. The first kappa shape index (κ1) is 12.7. The van der Waals surface area contributed by atoms with E-state index < -0.39 is 11.7 Å². The van der Waals surface area contributed by atoms with E-state index in [1.807, 2.05) is 0 Å². The molecule has 18 heavy (non-hydrogen) atoms. The lowest BCUT2D eigenvalue weighted by atomic mass is 10.2. The molecule has 0 aliphatic heterocycles. The SMILES string of the molecule is O=C(Nc1ccc(Cl)nc1Cl)c1cncc(F)c1. The second kappa shape index (κ2) is 5.29. The number of hydrogen-bond acceptors (Lipinski definition) is 3. The van der Waals surface area contributed by atoms with Crippen molar-refractivity contribution < 1.29 is 9.18 Å². The number of carbonyl (C=O) groups excluding carboxylic acids is 1. The first-order valence-electron chi connectivity index (χ1n) is 4.80. The standard InChI is InChI=1S/C11H6Cl2FN3O/c12-9-2-1-8(10(13)17-9)16-11(18)6-3-7(14)5-15-4-6/h1-5H,(H,16,18). The molecule has 92 valence electrons. The van der Waals surface area contributed by atoms with Crippen molar-refractivity contribution in [2.24, 2.45) is 0 Å². The molecule has 0 radical (unpaired) electrons. The van der Waals surface area contributed by atoms with Crippen LogP contribution >= 0.6 is 23.2 Å². The van der Waals surface area contributed by atoms with E-state index in [1.165, 1.54) is 18.3 Å². The summed E-state index contributed by atoms with van der Waals surface area (Å²) in [7, 11) is 0. The lowest BCUT2D eigenvalue weighted by Gasteiger charge is -2.06. The smallest absolute Gasteiger partial charge is 0.257 e. The number of amides is 1. The molecular formula is C11H6Cl2FN3O. The Labute approximate surface area is 112 Å². The number of carbonyl (C=O) groups is 1. The van der Waals surface area contributed by atoms with Crippen LogP contribution in [0.4, 0.5) is 10.1 Å². The summed E-state index contributed by atoms with van der Waals surface area (Å²) in [5.41, 5.74) is 0.372. The molecular weight excluding hydrogens is 280 g/mol. The van der Waals surface area contributed by atoms with Gasteiger partial charge in [-0.25, -0.2) is 9.37 Å². The minimum Gasteiger partial charge on any atom is -0.319 e. The van der Waals surface area contributed by atoms with Gasteiger partial charge in [0.15, 0.2) is 5.15 Å². The lowest BCUT2D eigenvalue weighted by Crippen LogP contribution is -2.13. The van der Waals surface area contributed by atoms with E-state index in [4.69, 9.17) is 23.2 Å². The van der Waals surface area contributed by atoms with Gasteiger partial charge in [0, 0.05) is 6.20 Å². The topological polar surface area (TPSA) is 54.9 Å². The van der Waals surface area contributed by atoms with E-state index in [-0.39, 0.29) is 21.6 Å². The average molecular weight is 286 g/mol. The number of nitrogens with zero attached hydrogens (tertiary/aromatic N) is 2. The molecule has 0 saturated heterocycles. The van der Waals surface area contributed by atoms with E-state index in [9.17, 15) is 9.18 Å². The molecule has 1 amide bonds. The quantitative estimate of drug-likeness (QED) is 0.863. The van der Waals surface area contributed by atoms with Crippen LogP contribution in [0.25, 0.3) is 0 Å². The van der Waals surface area contributed by atoms with Crippen LogP contribution in [-0.4, -0.2) is 15.9 Å². The van der Waals surface area contributed by atoms with Crippen molar-refractivity contribution >= 4 is 34.8 Å². The predicted octanol–water partition coefficient (Wildman–Crippen LogP) is 3.17. The fourth-order valence-corrected chi connectivity index (χ4v) is 1.63. The van der Waals surface area contributed by atoms with Crippen molar-refractivity contribution in [2.75, 3.05) is 5.32 Å². The summed E-state index contributed by atoms with van der Waals surface area (Å²) in [6.45, 7) is 0. The number of pyridine rings is 2. The molecule has 2 aromatic rings. The molecule has 1 N–H and O–H groups in total. The second-order valence-electron chi connectivity index (χ2n) is 3.32. The molecule has 0 aliphatic rings. The fraction of sp³-hybridized carbons (Fsp3) is 0. The molecule has 0 unspecified atom stereocenters. The molecule has 0 spiro atoms. The van der Waals surface area contributed by atoms with Gasteiger partial charge in [0.1, 0.15) is 11.0 Å². The largest absolute Gasteiger partial charge is 0.319 e. The van der Waals surface area contributed by atoms with Crippen molar-refractivity contribution in [2.45, 2.75) is 0 Å². The Morgan fingerprint density at radius 1 is 1.28 bits per heavy atom. The molecule has 2 aromatic heterocycles.